The zero-order valence-electron chi connectivity index (χ0n) is 13.1. The van der Waals surface area contributed by atoms with E-state index in [9.17, 15) is 0 Å². The number of nitrogens with zero attached hydrogens (tertiary/aromatic N) is 1. The first-order chi connectivity index (χ1) is 9.75. The Hall–Kier alpha value is -0.860. The molecule has 0 spiro atoms. The fourth-order valence-corrected chi connectivity index (χ4v) is 2.97. The largest absolute Gasteiger partial charge is 0.312 e. The van der Waals surface area contributed by atoms with Crippen LogP contribution in [-0.4, -0.2) is 37.1 Å². The molecule has 1 aliphatic rings. The lowest BCUT2D eigenvalue weighted by atomic mass is 9.95. The lowest BCUT2D eigenvalue weighted by molar-refractivity contribution is 0.239. The van der Waals surface area contributed by atoms with Gasteiger partial charge in [-0.3, -0.25) is 0 Å². The van der Waals surface area contributed by atoms with Gasteiger partial charge in [-0.15, -0.1) is 0 Å². The number of hydrogen-bond donors (Lipinski definition) is 1. The molecule has 0 aromatic heterocycles. The van der Waals surface area contributed by atoms with Gasteiger partial charge in [-0.25, -0.2) is 0 Å². The predicted molar refractivity (Wildman–Crippen MR) is 87.1 cm³/mol. The van der Waals surface area contributed by atoms with E-state index in [0.717, 1.165) is 25.6 Å². The highest BCUT2D eigenvalue weighted by Gasteiger charge is 2.15. The Bertz CT molecular complexity index is 357. The van der Waals surface area contributed by atoms with Crippen molar-refractivity contribution in [2.75, 3.05) is 20.1 Å². The molecule has 0 bridgehead atoms. The molecular weight excluding hydrogens is 244 g/mol. The summed E-state index contributed by atoms with van der Waals surface area (Å²) in [6, 6.07) is 12.2. The van der Waals surface area contributed by atoms with Crippen LogP contribution in [0.5, 0.6) is 0 Å². The summed E-state index contributed by atoms with van der Waals surface area (Å²) in [7, 11) is 2.25. The molecule has 1 aliphatic carbocycles. The van der Waals surface area contributed by atoms with Gasteiger partial charge in [0.1, 0.15) is 0 Å². The number of nitrogens with one attached hydrogen (secondary N) is 1. The van der Waals surface area contributed by atoms with E-state index in [1.807, 2.05) is 0 Å². The molecule has 1 aromatic rings. The third-order valence-electron chi connectivity index (χ3n) is 4.66. The summed E-state index contributed by atoms with van der Waals surface area (Å²) in [5, 5.41) is 3.76. The first-order valence-electron chi connectivity index (χ1n) is 8.23. The molecule has 20 heavy (non-hydrogen) atoms. The zero-order chi connectivity index (χ0) is 14.2. The summed E-state index contributed by atoms with van der Waals surface area (Å²) in [4.78, 5) is 2.48. The number of rotatable bonds is 7. The summed E-state index contributed by atoms with van der Waals surface area (Å²) in [5.74, 6) is 0. The molecule has 0 aliphatic heterocycles. The highest BCUT2D eigenvalue weighted by molar-refractivity contribution is 5.14. The molecular formula is C18H30N2. The van der Waals surface area contributed by atoms with Crippen molar-refractivity contribution in [2.24, 2.45) is 0 Å². The third kappa shape index (κ3) is 5.26. The topological polar surface area (TPSA) is 15.3 Å². The van der Waals surface area contributed by atoms with E-state index in [4.69, 9.17) is 0 Å². The van der Waals surface area contributed by atoms with Crippen molar-refractivity contribution in [1.29, 1.82) is 0 Å². The van der Waals surface area contributed by atoms with Gasteiger partial charge in [-0.2, -0.15) is 0 Å². The van der Waals surface area contributed by atoms with Crippen molar-refractivity contribution in [2.45, 2.75) is 57.5 Å². The minimum Gasteiger partial charge on any atom is -0.312 e. The van der Waals surface area contributed by atoms with Crippen molar-refractivity contribution in [3.63, 3.8) is 0 Å². The van der Waals surface area contributed by atoms with E-state index >= 15 is 0 Å². The van der Waals surface area contributed by atoms with E-state index in [1.54, 1.807) is 0 Å². The maximum atomic E-state index is 3.76. The van der Waals surface area contributed by atoms with Crippen LogP contribution in [0.2, 0.25) is 0 Å². The summed E-state index contributed by atoms with van der Waals surface area (Å²) in [5.41, 5.74) is 1.44. The smallest absolute Gasteiger partial charge is 0.0189 e. The lowest BCUT2D eigenvalue weighted by Crippen LogP contribution is -2.43. The molecule has 0 radical (unpaired) electrons. The van der Waals surface area contributed by atoms with Gasteiger partial charge in [0.2, 0.25) is 0 Å². The van der Waals surface area contributed by atoms with Crippen molar-refractivity contribution in [1.82, 2.24) is 10.2 Å². The van der Waals surface area contributed by atoms with Gasteiger partial charge in [0.25, 0.3) is 0 Å². The Morgan fingerprint density at radius 3 is 2.55 bits per heavy atom. The van der Waals surface area contributed by atoms with Crippen LogP contribution in [0, 0.1) is 0 Å². The maximum Gasteiger partial charge on any atom is 0.0189 e. The first kappa shape index (κ1) is 15.5. The van der Waals surface area contributed by atoms with Crippen LogP contribution < -0.4 is 5.32 Å². The molecule has 112 valence electrons. The molecule has 1 aromatic carbocycles. The summed E-state index contributed by atoms with van der Waals surface area (Å²) >= 11 is 0. The Morgan fingerprint density at radius 1 is 1.15 bits per heavy atom. The van der Waals surface area contributed by atoms with E-state index in [0.29, 0.717) is 6.04 Å². The Labute approximate surface area is 124 Å². The van der Waals surface area contributed by atoms with Crippen LogP contribution in [0.15, 0.2) is 30.3 Å². The second-order valence-corrected chi connectivity index (χ2v) is 6.31. The molecule has 1 N–H and O–H groups in total. The fraction of sp³-hybridized carbons (Fsp3) is 0.667. The fourth-order valence-electron chi connectivity index (χ4n) is 2.97. The summed E-state index contributed by atoms with van der Waals surface area (Å²) < 4.78 is 0. The number of likely N-dealkylation sites (N-methyl/N-ethyl adjacent to an activating group) is 1. The highest BCUT2D eigenvalue weighted by Crippen LogP contribution is 2.17. The minimum atomic E-state index is 0.612. The molecule has 2 nitrogen and oxygen atoms in total. The second-order valence-electron chi connectivity index (χ2n) is 6.31. The van der Waals surface area contributed by atoms with Gasteiger partial charge in [-0.1, -0.05) is 49.6 Å². The summed E-state index contributed by atoms with van der Waals surface area (Å²) in [6.45, 7) is 4.59. The molecule has 1 unspecified atom stereocenters. The molecule has 2 rings (SSSR count). The van der Waals surface area contributed by atoms with Crippen LogP contribution in [0.3, 0.4) is 0 Å². The average molecular weight is 274 g/mol. The van der Waals surface area contributed by atoms with Gasteiger partial charge in [0.15, 0.2) is 0 Å². The minimum absolute atomic E-state index is 0.612. The lowest BCUT2D eigenvalue weighted by Gasteiger charge is -2.29. The van der Waals surface area contributed by atoms with Crippen LogP contribution in [0.4, 0.5) is 0 Å². The van der Waals surface area contributed by atoms with Crippen LogP contribution in [-0.2, 0) is 6.42 Å². The first-order valence-corrected chi connectivity index (χ1v) is 8.23. The van der Waals surface area contributed by atoms with Gasteiger partial charge in [0.05, 0.1) is 0 Å². The van der Waals surface area contributed by atoms with Crippen molar-refractivity contribution >= 4 is 0 Å². The normalized spacial score (nSPS) is 18.4. The SMILES string of the molecule is CC(CNC1CCCCC1)N(C)CCc1ccccc1. The standard InChI is InChI=1S/C18H30N2/c1-16(15-19-18-11-7-4-8-12-18)20(2)14-13-17-9-5-3-6-10-17/h3,5-6,9-10,16,18-19H,4,7-8,11-15H2,1-2H3. The Balaban J connectivity index is 1.65. The predicted octanol–water partition coefficient (Wildman–Crippen LogP) is 3.47. The third-order valence-corrected chi connectivity index (χ3v) is 4.66. The van der Waals surface area contributed by atoms with Crippen molar-refractivity contribution < 1.29 is 0 Å². The highest BCUT2D eigenvalue weighted by atomic mass is 15.1. The maximum absolute atomic E-state index is 3.76. The Kier molecular flexibility index (Phi) is 6.55. The van der Waals surface area contributed by atoms with Gasteiger partial charge >= 0.3 is 0 Å². The van der Waals surface area contributed by atoms with Crippen molar-refractivity contribution in [3.05, 3.63) is 35.9 Å². The molecule has 1 fully saturated rings. The quantitative estimate of drug-likeness (QED) is 0.819. The molecule has 0 amide bonds. The average Bonchev–Trinajstić information content (AvgIpc) is 2.52. The van der Waals surface area contributed by atoms with Gasteiger partial charge in [0, 0.05) is 25.2 Å². The monoisotopic (exact) mass is 274 g/mol. The van der Waals surface area contributed by atoms with E-state index in [2.05, 4.69) is 54.5 Å². The molecule has 0 saturated heterocycles. The van der Waals surface area contributed by atoms with E-state index in [1.165, 1.54) is 37.7 Å². The second kappa shape index (κ2) is 8.43. The summed E-state index contributed by atoms with van der Waals surface area (Å²) in [6.07, 6.45) is 8.16. The molecule has 1 atom stereocenters. The zero-order valence-corrected chi connectivity index (χ0v) is 13.1. The molecule has 2 heteroatoms. The number of hydrogen-bond acceptors (Lipinski definition) is 2. The van der Waals surface area contributed by atoms with E-state index in [-0.39, 0.29) is 0 Å². The molecule has 0 heterocycles. The van der Waals surface area contributed by atoms with Crippen molar-refractivity contribution in [3.8, 4) is 0 Å². The molecule has 1 saturated carbocycles. The van der Waals surface area contributed by atoms with Gasteiger partial charge < -0.3 is 10.2 Å². The van der Waals surface area contributed by atoms with Crippen LogP contribution in [0.25, 0.3) is 0 Å². The van der Waals surface area contributed by atoms with Crippen LogP contribution >= 0.6 is 0 Å². The number of benzene rings is 1. The van der Waals surface area contributed by atoms with Gasteiger partial charge in [-0.05, 0) is 38.8 Å². The van der Waals surface area contributed by atoms with Crippen LogP contribution in [0.1, 0.15) is 44.6 Å². The van der Waals surface area contributed by atoms with E-state index < -0.39 is 0 Å². The Morgan fingerprint density at radius 2 is 1.85 bits per heavy atom.